The molecule has 2 fully saturated rings. The van der Waals surface area contributed by atoms with Crippen LogP contribution >= 0.6 is 0 Å². The van der Waals surface area contributed by atoms with Gasteiger partial charge in [-0.2, -0.15) is 13.2 Å². The van der Waals surface area contributed by atoms with Gasteiger partial charge in [0.2, 0.25) is 0 Å². The molecule has 0 spiro atoms. The molecular weight excluding hydrogens is 464 g/mol. The smallest absolute Gasteiger partial charge is 0.302 e. The van der Waals surface area contributed by atoms with Crippen LogP contribution in [-0.2, 0) is 18.1 Å². The second kappa shape index (κ2) is 8.44. The Balaban J connectivity index is 1.23. The van der Waals surface area contributed by atoms with E-state index in [1.165, 1.54) is 29.8 Å². The SMILES string of the molecule is Cc1nc(-c2cn(CCCN3C[C@@H]4C[C@]4(c4ccc(C(F)(F)F)cc4)C3)c(=O)[nH]c2=O)ccc1F. The molecule has 0 unspecified atom stereocenters. The van der Waals surface area contributed by atoms with Gasteiger partial charge in [0.1, 0.15) is 5.82 Å². The highest BCUT2D eigenvalue weighted by Gasteiger charge is 2.60. The Hall–Kier alpha value is -3.27. The van der Waals surface area contributed by atoms with Gasteiger partial charge in [0.25, 0.3) is 5.56 Å². The molecular formula is C25H24F4N4O2. The second-order valence-electron chi connectivity index (χ2n) is 9.48. The summed E-state index contributed by atoms with van der Waals surface area (Å²) in [5.41, 5.74) is -0.241. The lowest BCUT2D eigenvalue weighted by Gasteiger charge is -2.21. The van der Waals surface area contributed by atoms with Crippen LogP contribution < -0.4 is 11.2 Å². The van der Waals surface area contributed by atoms with Gasteiger partial charge in [0.15, 0.2) is 0 Å². The van der Waals surface area contributed by atoms with Gasteiger partial charge >= 0.3 is 11.9 Å². The van der Waals surface area contributed by atoms with Crippen molar-refractivity contribution >= 4 is 0 Å². The van der Waals surface area contributed by atoms with Crippen LogP contribution in [0, 0.1) is 18.7 Å². The summed E-state index contributed by atoms with van der Waals surface area (Å²) in [6, 6.07) is 8.13. The maximum atomic E-state index is 13.6. The number of piperidine rings is 1. The highest BCUT2D eigenvalue weighted by Crippen LogP contribution is 2.59. The molecule has 1 saturated heterocycles. The molecule has 2 aromatic heterocycles. The predicted octanol–water partition coefficient (Wildman–Crippen LogP) is 3.73. The molecule has 3 heterocycles. The van der Waals surface area contributed by atoms with Crippen molar-refractivity contribution < 1.29 is 17.6 Å². The van der Waals surface area contributed by atoms with Crippen molar-refractivity contribution in [2.45, 2.75) is 37.9 Å². The van der Waals surface area contributed by atoms with Crippen LogP contribution in [-0.4, -0.2) is 39.1 Å². The van der Waals surface area contributed by atoms with E-state index in [9.17, 15) is 27.2 Å². The van der Waals surface area contributed by atoms with Crippen molar-refractivity contribution in [2.75, 3.05) is 19.6 Å². The van der Waals surface area contributed by atoms with E-state index in [0.717, 1.165) is 37.2 Å². The number of hydrogen-bond acceptors (Lipinski definition) is 4. The fourth-order valence-electron chi connectivity index (χ4n) is 5.21. The Labute approximate surface area is 198 Å². The molecule has 1 aromatic carbocycles. The van der Waals surface area contributed by atoms with Crippen LogP contribution in [0.3, 0.4) is 0 Å². The van der Waals surface area contributed by atoms with Crippen LogP contribution in [0.4, 0.5) is 17.6 Å². The number of aryl methyl sites for hydroxylation is 2. The zero-order valence-corrected chi connectivity index (χ0v) is 19.0. The van der Waals surface area contributed by atoms with Gasteiger partial charge < -0.3 is 4.90 Å². The summed E-state index contributed by atoms with van der Waals surface area (Å²) in [7, 11) is 0. The minimum absolute atomic E-state index is 0.0851. The quantitative estimate of drug-likeness (QED) is 0.537. The number of nitrogens with one attached hydrogen (secondary N) is 1. The molecule has 1 N–H and O–H groups in total. The van der Waals surface area contributed by atoms with Gasteiger partial charge in [-0.3, -0.25) is 14.3 Å². The van der Waals surface area contributed by atoms with Crippen molar-refractivity contribution in [3.05, 3.63) is 86.1 Å². The Morgan fingerprint density at radius 2 is 1.86 bits per heavy atom. The van der Waals surface area contributed by atoms with Crippen LogP contribution in [0.1, 0.15) is 29.7 Å². The minimum Gasteiger partial charge on any atom is -0.302 e. The zero-order chi connectivity index (χ0) is 25.0. The molecule has 1 aliphatic heterocycles. The number of aromatic nitrogens is 3. The maximum absolute atomic E-state index is 13.6. The number of hydrogen-bond donors (Lipinski definition) is 1. The molecule has 1 saturated carbocycles. The molecule has 5 rings (SSSR count). The van der Waals surface area contributed by atoms with E-state index in [1.54, 1.807) is 12.1 Å². The summed E-state index contributed by atoms with van der Waals surface area (Å²) in [4.78, 5) is 33.3. The highest BCUT2D eigenvalue weighted by molar-refractivity contribution is 5.56. The molecule has 2 atom stereocenters. The Kier molecular flexibility index (Phi) is 5.66. The van der Waals surface area contributed by atoms with E-state index < -0.39 is 28.8 Å². The number of pyridine rings is 1. The van der Waals surface area contributed by atoms with Gasteiger partial charge in [-0.05, 0) is 62.1 Å². The fraction of sp³-hybridized carbons (Fsp3) is 0.400. The van der Waals surface area contributed by atoms with Crippen LogP contribution in [0.5, 0.6) is 0 Å². The monoisotopic (exact) mass is 488 g/mol. The van der Waals surface area contributed by atoms with Crippen LogP contribution in [0.25, 0.3) is 11.3 Å². The first-order chi connectivity index (χ1) is 16.6. The van der Waals surface area contributed by atoms with E-state index in [1.807, 2.05) is 0 Å². The molecule has 2 aliphatic rings. The van der Waals surface area contributed by atoms with E-state index >= 15 is 0 Å². The first-order valence-electron chi connectivity index (χ1n) is 11.4. The maximum Gasteiger partial charge on any atom is 0.416 e. The van der Waals surface area contributed by atoms with E-state index in [2.05, 4.69) is 14.9 Å². The van der Waals surface area contributed by atoms with E-state index in [0.29, 0.717) is 25.4 Å². The third-order valence-electron chi connectivity index (χ3n) is 7.19. The zero-order valence-electron chi connectivity index (χ0n) is 19.0. The Bertz CT molecular complexity index is 1380. The number of alkyl halides is 3. The molecule has 10 heteroatoms. The average Bonchev–Trinajstić information content (AvgIpc) is 3.38. The second-order valence-corrected chi connectivity index (χ2v) is 9.48. The lowest BCUT2D eigenvalue weighted by Crippen LogP contribution is -2.32. The molecule has 6 nitrogen and oxygen atoms in total. The first kappa shape index (κ1) is 23.5. The summed E-state index contributed by atoms with van der Waals surface area (Å²) in [6.07, 6.45) is -1.27. The molecule has 35 heavy (non-hydrogen) atoms. The number of likely N-dealkylation sites (tertiary alicyclic amines) is 1. The molecule has 1 aliphatic carbocycles. The standard InChI is InChI=1S/C25H24F4N4O2/c1-15-20(26)7-8-21(30-15)19-13-33(23(35)31-22(19)34)10-2-9-32-12-18-11-24(18,14-32)16-3-5-17(6-4-16)25(27,28)29/h3-8,13,18H,2,9-12,14H2,1H3,(H,31,34,35)/t18-,24+/m0/s1. The molecule has 0 bridgehead atoms. The summed E-state index contributed by atoms with van der Waals surface area (Å²) in [5, 5.41) is 0. The number of aromatic amines is 1. The average molecular weight is 488 g/mol. The summed E-state index contributed by atoms with van der Waals surface area (Å²) >= 11 is 0. The Morgan fingerprint density at radius 3 is 2.54 bits per heavy atom. The molecule has 0 radical (unpaired) electrons. The van der Waals surface area contributed by atoms with Gasteiger partial charge in [-0.25, -0.2) is 14.2 Å². The lowest BCUT2D eigenvalue weighted by molar-refractivity contribution is -0.137. The van der Waals surface area contributed by atoms with Gasteiger partial charge in [-0.1, -0.05) is 12.1 Å². The van der Waals surface area contributed by atoms with Crippen molar-refractivity contribution in [3.8, 4) is 11.3 Å². The summed E-state index contributed by atoms with van der Waals surface area (Å²) in [5.74, 6) is -0.0503. The first-order valence-corrected chi connectivity index (χ1v) is 11.4. The van der Waals surface area contributed by atoms with Gasteiger partial charge in [0.05, 0.1) is 22.5 Å². The number of benzene rings is 1. The largest absolute Gasteiger partial charge is 0.416 e. The minimum atomic E-state index is -4.34. The van der Waals surface area contributed by atoms with E-state index in [4.69, 9.17) is 0 Å². The van der Waals surface area contributed by atoms with Gasteiger partial charge in [-0.15, -0.1) is 0 Å². The Morgan fingerprint density at radius 1 is 1.11 bits per heavy atom. The number of nitrogens with zero attached hydrogens (tertiary/aromatic N) is 3. The van der Waals surface area contributed by atoms with Gasteiger partial charge in [0, 0.05) is 31.2 Å². The number of fused-ring (bicyclic) bond motifs is 1. The fourth-order valence-corrected chi connectivity index (χ4v) is 5.21. The topological polar surface area (TPSA) is 71.0 Å². The summed E-state index contributed by atoms with van der Waals surface area (Å²) in [6.45, 7) is 4.23. The number of H-pyrrole nitrogens is 1. The molecule has 0 amide bonds. The van der Waals surface area contributed by atoms with Crippen LogP contribution in [0.2, 0.25) is 0 Å². The molecule has 3 aromatic rings. The third-order valence-corrected chi connectivity index (χ3v) is 7.19. The van der Waals surface area contributed by atoms with Crippen LogP contribution in [0.15, 0.2) is 52.2 Å². The third kappa shape index (κ3) is 4.42. The molecule has 184 valence electrons. The normalized spacial score (nSPS) is 21.8. The predicted molar refractivity (Wildman–Crippen MR) is 122 cm³/mol. The number of rotatable bonds is 6. The summed E-state index contributed by atoms with van der Waals surface area (Å²) < 4.78 is 53.6. The van der Waals surface area contributed by atoms with Crippen molar-refractivity contribution in [2.24, 2.45) is 5.92 Å². The highest BCUT2D eigenvalue weighted by atomic mass is 19.4. The van der Waals surface area contributed by atoms with E-state index in [-0.39, 0.29) is 22.4 Å². The lowest BCUT2D eigenvalue weighted by atomic mass is 9.94. The van der Waals surface area contributed by atoms with Crippen molar-refractivity contribution in [3.63, 3.8) is 0 Å². The van der Waals surface area contributed by atoms with Crippen molar-refractivity contribution in [1.29, 1.82) is 0 Å². The number of halogens is 4. The van der Waals surface area contributed by atoms with Crippen molar-refractivity contribution in [1.82, 2.24) is 19.4 Å².